The van der Waals surface area contributed by atoms with Crippen LogP contribution in [0.3, 0.4) is 0 Å². The van der Waals surface area contributed by atoms with E-state index < -0.39 is 46.8 Å². The quantitative estimate of drug-likeness (QED) is 0.718. The molecule has 0 aromatic rings. The number of rotatable bonds is 4. The van der Waals surface area contributed by atoms with Gasteiger partial charge in [-0.05, 0) is 54.4 Å². The monoisotopic (exact) mass is 372 g/mol. The fourth-order valence-corrected chi connectivity index (χ4v) is 2.21. The average molecular weight is 372 g/mol. The van der Waals surface area contributed by atoms with Crippen LogP contribution in [0.25, 0.3) is 0 Å². The average Bonchev–Trinajstić information content (AvgIpc) is 3.28. The first-order valence-corrected chi connectivity index (χ1v) is 8.53. The molecule has 0 aliphatic heterocycles. The summed E-state index contributed by atoms with van der Waals surface area (Å²) in [6.07, 6.45) is 0.842. The first kappa shape index (κ1) is 21.9. The van der Waals surface area contributed by atoms with E-state index in [0.29, 0.717) is 12.8 Å². The van der Waals surface area contributed by atoms with E-state index in [4.69, 9.17) is 19.7 Å². The van der Waals surface area contributed by atoms with Crippen LogP contribution in [0.1, 0.15) is 54.4 Å². The molecule has 26 heavy (non-hydrogen) atoms. The minimum atomic E-state index is -0.907. The fourth-order valence-electron chi connectivity index (χ4n) is 2.21. The predicted octanol–water partition coefficient (Wildman–Crippen LogP) is 2.10. The van der Waals surface area contributed by atoms with Gasteiger partial charge in [-0.25, -0.2) is 0 Å². The molecule has 0 amide bonds. The maximum Gasteiger partial charge on any atom is 0.310 e. The zero-order valence-electron chi connectivity index (χ0n) is 16.1. The molecule has 0 bridgehead atoms. The van der Waals surface area contributed by atoms with Crippen molar-refractivity contribution in [2.75, 3.05) is 0 Å². The molecule has 148 valence electrons. The van der Waals surface area contributed by atoms with Gasteiger partial charge in [0.05, 0.1) is 23.7 Å². The Kier molecular flexibility index (Phi) is 6.44. The van der Waals surface area contributed by atoms with Crippen molar-refractivity contribution >= 4 is 23.9 Å². The molecule has 4 atom stereocenters. The number of aliphatic carboxylic acids is 2. The van der Waals surface area contributed by atoms with Crippen LogP contribution in [0.5, 0.6) is 0 Å². The number of carboxylic acid groups (broad SMARTS) is 2. The van der Waals surface area contributed by atoms with E-state index in [2.05, 4.69) is 0 Å². The Morgan fingerprint density at radius 3 is 1.08 bits per heavy atom. The topological polar surface area (TPSA) is 127 Å². The lowest BCUT2D eigenvalue weighted by Crippen LogP contribution is -2.25. The lowest BCUT2D eigenvalue weighted by Gasteiger charge is -2.19. The highest BCUT2D eigenvalue weighted by Crippen LogP contribution is 2.41. The van der Waals surface area contributed by atoms with Gasteiger partial charge in [0.15, 0.2) is 0 Å². The van der Waals surface area contributed by atoms with Crippen LogP contribution < -0.4 is 0 Å². The summed E-state index contributed by atoms with van der Waals surface area (Å²) in [7, 11) is 0. The van der Waals surface area contributed by atoms with Gasteiger partial charge < -0.3 is 19.7 Å². The van der Waals surface area contributed by atoms with Gasteiger partial charge in [0.1, 0.15) is 11.2 Å². The number of hydrogen-bond acceptors (Lipinski definition) is 6. The number of esters is 2. The molecule has 0 aromatic carbocycles. The predicted molar refractivity (Wildman–Crippen MR) is 90.2 cm³/mol. The summed E-state index contributed by atoms with van der Waals surface area (Å²) < 4.78 is 10.1. The molecule has 8 nitrogen and oxygen atoms in total. The van der Waals surface area contributed by atoms with E-state index in [1.54, 1.807) is 41.5 Å². The van der Waals surface area contributed by atoms with Crippen LogP contribution in [-0.4, -0.2) is 45.3 Å². The Morgan fingerprint density at radius 2 is 0.923 bits per heavy atom. The summed E-state index contributed by atoms with van der Waals surface area (Å²) in [6.45, 7) is 10.6. The smallest absolute Gasteiger partial charge is 0.310 e. The van der Waals surface area contributed by atoms with Gasteiger partial charge in [-0.1, -0.05) is 0 Å². The molecule has 2 N–H and O–H groups in total. The van der Waals surface area contributed by atoms with E-state index in [-0.39, 0.29) is 11.9 Å². The largest absolute Gasteiger partial charge is 0.481 e. The highest BCUT2D eigenvalue weighted by atomic mass is 16.6. The maximum atomic E-state index is 11.3. The standard InChI is InChI=1S/2C9H14O4/c2*1-9(2,3)13-8(12)6-4-5(6)7(10)11/h2*5-6H,4H2,1-3H3,(H,10,11)/t2*5-,6+/m10/s1. The first-order valence-electron chi connectivity index (χ1n) is 8.53. The molecule has 0 radical (unpaired) electrons. The van der Waals surface area contributed by atoms with Gasteiger partial charge in [-0.15, -0.1) is 0 Å². The molecule has 2 aliphatic rings. The van der Waals surface area contributed by atoms with Gasteiger partial charge in [0, 0.05) is 0 Å². The van der Waals surface area contributed by atoms with E-state index in [0.717, 1.165) is 0 Å². The molecule has 0 spiro atoms. The maximum absolute atomic E-state index is 11.3. The van der Waals surface area contributed by atoms with Crippen LogP contribution in [-0.2, 0) is 28.7 Å². The number of hydrogen-bond donors (Lipinski definition) is 2. The number of ether oxygens (including phenoxy) is 2. The van der Waals surface area contributed by atoms with Crippen molar-refractivity contribution in [2.24, 2.45) is 23.7 Å². The van der Waals surface area contributed by atoms with Crippen LogP contribution >= 0.6 is 0 Å². The molecule has 2 fully saturated rings. The molecule has 0 heterocycles. The molecular weight excluding hydrogens is 344 g/mol. The molecule has 8 heteroatoms. The van der Waals surface area contributed by atoms with E-state index >= 15 is 0 Å². The number of carbonyl (C=O) groups is 4. The van der Waals surface area contributed by atoms with Gasteiger partial charge in [-0.3, -0.25) is 19.2 Å². The Hall–Kier alpha value is -2.12. The van der Waals surface area contributed by atoms with Gasteiger partial charge in [-0.2, -0.15) is 0 Å². The second-order valence-electron chi connectivity index (χ2n) is 8.64. The third-order valence-electron chi connectivity index (χ3n) is 3.63. The van der Waals surface area contributed by atoms with E-state index in [1.165, 1.54) is 0 Å². The van der Waals surface area contributed by atoms with Crippen molar-refractivity contribution in [3.63, 3.8) is 0 Å². The minimum Gasteiger partial charge on any atom is -0.481 e. The first-order chi connectivity index (χ1) is 11.6. The van der Waals surface area contributed by atoms with Gasteiger partial charge in [0.25, 0.3) is 0 Å². The molecule has 2 rings (SSSR count). The lowest BCUT2D eigenvalue weighted by atomic mass is 10.2. The highest BCUT2D eigenvalue weighted by Gasteiger charge is 2.51. The van der Waals surface area contributed by atoms with Crippen molar-refractivity contribution in [3.05, 3.63) is 0 Å². The number of carboxylic acids is 2. The van der Waals surface area contributed by atoms with Gasteiger partial charge >= 0.3 is 23.9 Å². The van der Waals surface area contributed by atoms with Crippen molar-refractivity contribution in [1.29, 1.82) is 0 Å². The van der Waals surface area contributed by atoms with Crippen molar-refractivity contribution in [2.45, 2.75) is 65.6 Å². The van der Waals surface area contributed by atoms with Crippen LogP contribution in [0.15, 0.2) is 0 Å². The summed E-state index contributed by atoms with van der Waals surface area (Å²) in [6, 6.07) is 0. The van der Waals surface area contributed by atoms with E-state index in [1.807, 2.05) is 0 Å². The molecule has 0 unspecified atom stereocenters. The summed E-state index contributed by atoms with van der Waals surface area (Å²) in [5, 5.41) is 17.1. The zero-order chi connectivity index (χ0) is 20.4. The molecule has 2 aliphatic carbocycles. The van der Waals surface area contributed by atoms with Crippen LogP contribution in [0, 0.1) is 23.7 Å². The zero-order valence-corrected chi connectivity index (χ0v) is 16.1. The summed E-state index contributed by atoms with van der Waals surface area (Å²) >= 11 is 0. The number of carbonyl (C=O) groups excluding carboxylic acids is 2. The Balaban J connectivity index is 0.000000260. The lowest BCUT2D eigenvalue weighted by molar-refractivity contribution is -0.159. The Bertz CT molecular complexity index is 529. The highest BCUT2D eigenvalue weighted by molar-refractivity contribution is 5.87. The third-order valence-corrected chi connectivity index (χ3v) is 3.63. The molecular formula is C18H28O8. The van der Waals surface area contributed by atoms with Crippen LogP contribution in [0.4, 0.5) is 0 Å². The minimum absolute atomic E-state index is 0.389. The second kappa shape index (κ2) is 7.63. The SMILES string of the molecule is CC(C)(C)OC(=O)[C@@H]1C[C@@H]1C(=O)O.CC(C)(C)OC(=O)[C@H]1C[C@H]1C(=O)O. The van der Waals surface area contributed by atoms with E-state index in [9.17, 15) is 19.2 Å². The third kappa shape index (κ3) is 7.41. The summed E-state index contributed by atoms with van der Waals surface area (Å²) in [4.78, 5) is 43.4. The van der Waals surface area contributed by atoms with Crippen LogP contribution in [0.2, 0.25) is 0 Å². The molecule has 0 aromatic heterocycles. The summed E-state index contributed by atoms with van der Waals surface area (Å²) in [5.74, 6) is -4.47. The molecule has 0 saturated heterocycles. The summed E-state index contributed by atoms with van der Waals surface area (Å²) in [5.41, 5.74) is -1.05. The second-order valence-corrected chi connectivity index (χ2v) is 8.64. The normalized spacial score (nSPS) is 26.7. The van der Waals surface area contributed by atoms with Crippen molar-refractivity contribution < 1.29 is 38.9 Å². The molecule has 2 saturated carbocycles. The Labute approximate surface area is 152 Å². The van der Waals surface area contributed by atoms with Gasteiger partial charge in [0.2, 0.25) is 0 Å². The van der Waals surface area contributed by atoms with Crippen molar-refractivity contribution in [1.82, 2.24) is 0 Å². The fraction of sp³-hybridized carbons (Fsp3) is 0.778. The van der Waals surface area contributed by atoms with Crippen molar-refractivity contribution in [3.8, 4) is 0 Å². The Morgan fingerprint density at radius 1 is 0.654 bits per heavy atom.